The fraction of sp³-hybridized carbons (Fsp3) is 0.300. The lowest BCUT2D eigenvalue weighted by Crippen LogP contribution is -2.39. The summed E-state index contributed by atoms with van der Waals surface area (Å²) in [6.07, 6.45) is 0.444. The fourth-order valence-electron chi connectivity index (χ4n) is 2.69. The molecule has 150 valence electrons. The number of sulfonamides is 1. The van der Waals surface area contributed by atoms with Gasteiger partial charge in [-0.1, -0.05) is 30.3 Å². The zero-order chi connectivity index (χ0) is 20.7. The van der Waals surface area contributed by atoms with Gasteiger partial charge in [0.05, 0.1) is 4.90 Å². The molecule has 0 aliphatic rings. The molecule has 7 nitrogen and oxygen atoms in total. The molecule has 2 rings (SSSR count). The van der Waals surface area contributed by atoms with Crippen molar-refractivity contribution in [3.8, 4) is 0 Å². The lowest BCUT2D eigenvalue weighted by molar-refractivity contribution is -0.147. The number of nitrogens with zero attached hydrogens (tertiary/aromatic N) is 1. The van der Waals surface area contributed by atoms with Gasteiger partial charge >= 0.3 is 5.97 Å². The van der Waals surface area contributed by atoms with Gasteiger partial charge in [-0.2, -0.15) is 0 Å². The van der Waals surface area contributed by atoms with Crippen LogP contribution in [0.5, 0.6) is 0 Å². The van der Waals surface area contributed by atoms with Crippen LogP contribution in [0, 0.1) is 0 Å². The number of ether oxygens (including phenoxy) is 1. The van der Waals surface area contributed by atoms with Gasteiger partial charge in [0.25, 0.3) is 5.91 Å². The van der Waals surface area contributed by atoms with Gasteiger partial charge in [-0.3, -0.25) is 9.59 Å². The van der Waals surface area contributed by atoms with Crippen LogP contribution >= 0.6 is 0 Å². The highest BCUT2D eigenvalue weighted by Gasteiger charge is 2.20. The Bertz CT molecular complexity index is 909. The van der Waals surface area contributed by atoms with E-state index < -0.39 is 16.0 Å². The number of carbonyl (C=O) groups is 2. The number of hydrogen-bond acceptors (Lipinski definition) is 5. The minimum atomic E-state index is -3.74. The van der Waals surface area contributed by atoms with E-state index in [4.69, 9.17) is 9.88 Å². The number of carbonyl (C=O) groups excluding carboxylic acids is 2. The molecule has 2 aromatic carbocycles. The van der Waals surface area contributed by atoms with Crippen LogP contribution in [0.2, 0.25) is 0 Å². The number of aryl methyl sites for hydroxylation is 1. The highest BCUT2D eigenvalue weighted by Crippen LogP contribution is 2.17. The van der Waals surface area contributed by atoms with Crippen LogP contribution in [0.4, 0.5) is 5.69 Å². The summed E-state index contributed by atoms with van der Waals surface area (Å²) in [6, 6.07) is 15.1. The molecule has 0 radical (unpaired) electrons. The maximum Gasteiger partial charge on any atom is 0.306 e. The molecular formula is C20H24N2O5S. The van der Waals surface area contributed by atoms with E-state index in [1.807, 2.05) is 44.2 Å². The van der Waals surface area contributed by atoms with Gasteiger partial charge in [0.1, 0.15) is 0 Å². The van der Waals surface area contributed by atoms with Crippen molar-refractivity contribution in [2.45, 2.75) is 37.6 Å². The molecule has 0 unspecified atom stereocenters. The van der Waals surface area contributed by atoms with Crippen LogP contribution in [0.3, 0.4) is 0 Å². The molecule has 0 aliphatic heterocycles. The van der Waals surface area contributed by atoms with Gasteiger partial charge in [0.2, 0.25) is 10.0 Å². The predicted octanol–water partition coefficient (Wildman–Crippen LogP) is 2.25. The molecule has 2 N–H and O–H groups in total. The van der Waals surface area contributed by atoms with Crippen molar-refractivity contribution in [3.63, 3.8) is 0 Å². The van der Waals surface area contributed by atoms with Crippen LogP contribution < -0.4 is 10.0 Å². The van der Waals surface area contributed by atoms with E-state index in [2.05, 4.69) is 0 Å². The van der Waals surface area contributed by atoms with Gasteiger partial charge in [-0.25, -0.2) is 13.6 Å². The van der Waals surface area contributed by atoms with Crippen molar-refractivity contribution in [1.29, 1.82) is 0 Å². The normalized spacial score (nSPS) is 11.3. The summed E-state index contributed by atoms with van der Waals surface area (Å²) in [5.41, 5.74) is 1.51. The highest BCUT2D eigenvalue weighted by molar-refractivity contribution is 7.89. The van der Waals surface area contributed by atoms with E-state index >= 15 is 0 Å². The van der Waals surface area contributed by atoms with Crippen LogP contribution in [0.15, 0.2) is 59.5 Å². The highest BCUT2D eigenvalue weighted by atomic mass is 32.2. The number of rotatable bonds is 8. The van der Waals surface area contributed by atoms with E-state index in [1.54, 1.807) is 17.0 Å². The van der Waals surface area contributed by atoms with Crippen molar-refractivity contribution in [2.75, 3.05) is 11.5 Å². The van der Waals surface area contributed by atoms with Crippen molar-refractivity contribution in [3.05, 3.63) is 60.2 Å². The maximum absolute atomic E-state index is 12.5. The number of nitrogens with two attached hydrogens (primary N) is 1. The molecule has 0 saturated carbocycles. The SMILES string of the molecule is CC(C)N(C(=O)COC(=O)CCc1ccc(S(N)(=O)=O)cc1)c1ccccc1. The van der Waals surface area contributed by atoms with E-state index in [9.17, 15) is 18.0 Å². The van der Waals surface area contributed by atoms with E-state index in [1.165, 1.54) is 12.1 Å². The molecule has 0 fully saturated rings. The summed E-state index contributed by atoms with van der Waals surface area (Å²) < 4.78 is 27.6. The quantitative estimate of drug-likeness (QED) is 0.679. The summed E-state index contributed by atoms with van der Waals surface area (Å²) in [6.45, 7) is 3.44. The van der Waals surface area contributed by atoms with Gasteiger partial charge in [0.15, 0.2) is 6.61 Å². The Kier molecular flexibility index (Phi) is 7.31. The number of anilines is 1. The van der Waals surface area contributed by atoms with Crippen molar-refractivity contribution in [2.24, 2.45) is 5.14 Å². The summed E-state index contributed by atoms with van der Waals surface area (Å²) >= 11 is 0. The van der Waals surface area contributed by atoms with Gasteiger partial charge in [-0.05, 0) is 50.1 Å². The third-order valence-electron chi connectivity index (χ3n) is 4.05. The van der Waals surface area contributed by atoms with E-state index in [0.717, 1.165) is 11.3 Å². The average Bonchev–Trinajstić information content (AvgIpc) is 2.65. The van der Waals surface area contributed by atoms with Crippen LogP contribution in [-0.2, 0) is 30.8 Å². The first-order valence-corrected chi connectivity index (χ1v) is 10.4. The maximum atomic E-state index is 12.5. The number of benzene rings is 2. The number of esters is 1. The molecule has 8 heteroatoms. The minimum absolute atomic E-state index is 0.0131. The second-order valence-corrected chi connectivity index (χ2v) is 8.10. The third-order valence-corrected chi connectivity index (χ3v) is 4.98. The number of amides is 1. The number of primary sulfonamides is 1. The molecule has 2 aromatic rings. The molecular weight excluding hydrogens is 380 g/mol. The van der Waals surface area contributed by atoms with Gasteiger partial charge in [-0.15, -0.1) is 0 Å². The molecule has 0 aromatic heterocycles. The summed E-state index contributed by atoms with van der Waals surface area (Å²) in [5.74, 6) is -0.798. The number of para-hydroxylation sites is 1. The molecule has 0 bridgehead atoms. The number of hydrogen-bond donors (Lipinski definition) is 1. The Hall–Kier alpha value is -2.71. The zero-order valence-corrected chi connectivity index (χ0v) is 16.7. The molecule has 0 saturated heterocycles. The van der Waals surface area contributed by atoms with Crippen molar-refractivity contribution < 1.29 is 22.7 Å². The Morgan fingerprint density at radius 3 is 2.18 bits per heavy atom. The smallest absolute Gasteiger partial charge is 0.306 e. The average molecular weight is 404 g/mol. The molecule has 0 atom stereocenters. The van der Waals surface area contributed by atoms with Crippen molar-refractivity contribution in [1.82, 2.24) is 0 Å². The van der Waals surface area contributed by atoms with E-state index in [-0.39, 0.29) is 29.9 Å². The summed E-state index contributed by atoms with van der Waals surface area (Å²) in [4.78, 5) is 26.0. The largest absolute Gasteiger partial charge is 0.456 e. The lowest BCUT2D eigenvalue weighted by atomic mass is 10.1. The monoisotopic (exact) mass is 404 g/mol. The second-order valence-electron chi connectivity index (χ2n) is 6.54. The lowest BCUT2D eigenvalue weighted by Gasteiger charge is -2.26. The van der Waals surface area contributed by atoms with Gasteiger partial charge < -0.3 is 9.64 Å². The Labute approximate surface area is 165 Å². The molecule has 1 amide bonds. The standard InChI is InChI=1S/C20H24N2O5S/c1-15(2)22(17-6-4-3-5-7-17)19(23)14-27-20(24)13-10-16-8-11-18(12-9-16)28(21,25)26/h3-9,11-12,15H,10,13-14H2,1-2H3,(H2,21,25,26). The first kappa shape index (κ1) is 21.6. The summed E-state index contributed by atoms with van der Waals surface area (Å²) in [5, 5.41) is 5.05. The Morgan fingerprint density at radius 2 is 1.64 bits per heavy atom. The zero-order valence-electron chi connectivity index (χ0n) is 15.9. The topological polar surface area (TPSA) is 107 Å². The Balaban J connectivity index is 1.87. The molecule has 0 aliphatic carbocycles. The first-order valence-electron chi connectivity index (χ1n) is 8.83. The van der Waals surface area contributed by atoms with Gasteiger partial charge in [0, 0.05) is 18.2 Å². The molecule has 0 spiro atoms. The Morgan fingerprint density at radius 1 is 1.04 bits per heavy atom. The van der Waals surface area contributed by atoms with Crippen molar-refractivity contribution >= 4 is 27.6 Å². The van der Waals surface area contributed by atoms with Crippen LogP contribution in [-0.4, -0.2) is 32.9 Å². The summed E-state index contributed by atoms with van der Waals surface area (Å²) in [7, 11) is -3.74. The molecule has 0 heterocycles. The predicted molar refractivity (Wildman–Crippen MR) is 106 cm³/mol. The van der Waals surface area contributed by atoms with Crippen LogP contribution in [0.25, 0.3) is 0 Å². The third kappa shape index (κ3) is 6.17. The van der Waals surface area contributed by atoms with E-state index in [0.29, 0.717) is 6.42 Å². The van der Waals surface area contributed by atoms with Crippen LogP contribution in [0.1, 0.15) is 25.8 Å². The minimum Gasteiger partial charge on any atom is -0.456 e. The fourth-order valence-corrected chi connectivity index (χ4v) is 3.21. The first-order chi connectivity index (χ1) is 13.2. The second kappa shape index (κ2) is 9.48. The molecule has 28 heavy (non-hydrogen) atoms.